The molecule has 0 saturated carbocycles. The number of rotatable bonds is 3. The Morgan fingerprint density at radius 1 is 1.28 bits per heavy atom. The highest BCUT2D eigenvalue weighted by Gasteiger charge is 2.35. The van der Waals surface area contributed by atoms with Gasteiger partial charge in [0.15, 0.2) is 0 Å². The summed E-state index contributed by atoms with van der Waals surface area (Å²) >= 11 is 0. The number of benzene rings is 1. The molecule has 0 atom stereocenters. The Balaban J connectivity index is 2.42. The Morgan fingerprint density at radius 3 is 2.50 bits per heavy atom. The molecule has 1 heterocycles. The number of para-hydroxylation sites is 2. The van der Waals surface area contributed by atoms with E-state index in [9.17, 15) is 18.4 Å². The Hall–Kier alpha value is -2.24. The molecule has 1 aliphatic rings. The van der Waals surface area contributed by atoms with E-state index in [-0.39, 0.29) is 23.4 Å². The first kappa shape index (κ1) is 12.2. The maximum Gasteiger partial charge on any atom is 0.387 e. The van der Waals surface area contributed by atoms with Crippen molar-refractivity contribution in [1.82, 2.24) is 0 Å². The van der Waals surface area contributed by atoms with Crippen molar-refractivity contribution in [3.8, 4) is 5.75 Å². The van der Waals surface area contributed by atoms with Crippen molar-refractivity contribution in [2.24, 2.45) is 0 Å². The molecule has 94 valence electrons. The van der Waals surface area contributed by atoms with Crippen LogP contribution in [0.15, 0.2) is 36.4 Å². The van der Waals surface area contributed by atoms with Crippen LogP contribution in [-0.4, -0.2) is 18.4 Å². The summed E-state index contributed by atoms with van der Waals surface area (Å²) < 4.78 is 28.7. The predicted molar refractivity (Wildman–Crippen MR) is 59.3 cm³/mol. The number of nitrogens with zero attached hydrogens (tertiary/aromatic N) is 1. The molecular formula is C12H9F2NO3. The van der Waals surface area contributed by atoms with Crippen molar-refractivity contribution < 1.29 is 23.1 Å². The van der Waals surface area contributed by atoms with Gasteiger partial charge in [0.1, 0.15) is 5.75 Å². The summed E-state index contributed by atoms with van der Waals surface area (Å²) in [5, 5.41) is 0. The van der Waals surface area contributed by atoms with Crippen molar-refractivity contribution in [3.63, 3.8) is 0 Å². The van der Waals surface area contributed by atoms with E-state index < -0.39 is 18.4 Å². The number of alkyl halides is 2. The number of imide groups is 1. The molecule has 0 N–H and O–H groups in total. The Labute approximate surface area is 101 Å². The fourth-order valence-electron chi connectivity index (χ4n) is 1.69. The second-order valence-electron chi connectivity index (χ2n) is 3.66. The molecule has 6 heteroatoms. The highest BCUT2D eigenvalue weighted by molar-refractivity contribution is 6.28. The van der Waals surface area contributed by atoms with Crippen LogP contribution in [0.2, 0.25) is 0 Å². The molecule has 1 aromatic rings. The van der Waals surface area contributed by atoms with Gasteiger partial charge in [-0.25, -0.2) is 4.90 Å². The number of carbonyl (C=O) groups excluding carboxylic acids is 2. The molecule has 4 nitrogen and oxygen atoms in total. The average Bonchev–Trinajstić information content (AvgIpc) is 2.54. The lowest BCUT2D eigenvalue weighted by Gasteiger charge is -2.17. The molecule has 1 aromatic carbocycles. The molecule has 0 radical (unpaired) electrons. The van der Waals surface area contributed by atoms with Crippen molar-refractivity contribution >= 4 is 17.5 Å². The molecule has 0 aromatic heterocycles. The van der Waals surface area contributed by atoms with Gasteiger partial charge in [-0.2, -0.15) is 8.78 Å². The summed E-state index contributed by atoms with van der Waals surface area (Å²) in [6, 6.07) is 5.63. The van der Waals surface area contributed by atoms with Crippen LogP contribution in [0.5, 0.6) is 5.75 Å². The lowest BCUT2D eigenvalue weighted by Crippen LogP contribution is -2.29. The summed E-state index contributed by atoms with van der Waals surface area (Å²) in [6.45, 7) is 0.425. The molecule has 2 rings (SSSR count). The van der Waals surface area contributed by atoms with Gasteiger partial charge in [0.05, 0.1) is 12.1 Å². The van der Waals surface area contributed by atoms with Gasteiger partial charge in [0.2, 0.25) is 5.91 Å². The highest BCUT2D eigenvalue weighted by atomic mass is 19.3. The first-order valence-electron chi connectivity index (χ1n) is 5.09. The number of ether oxygens (including phenoxy) is 1. The quantitative estimate of drug-likeness (QED) is 0.612. The summed E-state index contributed by atoms with van der Waals surface area (Å²) in [6.07, 6.45) is -0.109. The molecule has 1 fully saturated rings. The molecule has 2 amide bonds. The van der Waals surface area contributed by atoms with Gasteiger partial charge in [-0.1, -0.05) is 18.7 Å². The van der Waals surface area contributed by atoms with Crippen molar-refractivity contribution in [2.45, 2.75) is 13.0 Å². The van der Waals surface area contributed by atoms with E-state index in [1.54, 1.807) is 0 Å². The standard InChI is InChI=1S/C12H9F2NO3/c1-7-6-10(16)15(11(7)17)8-4-2-3-5-9(8)18-12(13)14/h2-5,12H,1,6H2. The fourth-order valence-corrected chi connectivity index (χ4v) is 1.69. The number of anilines is 1. The van der Waals surface area contributed by atoms with E-state index in [1.807, 2.05) is 0 Å². The fraction of sp³-hybridized carbons (Fsp3) is 0.167. The summed E-state index contributed by atoms with van der Waals surface area (Å²) in [5.74, 6) is -1.32. The highest BCUT2D eigenvalue weighted by Crippen LogP contribution is 2.33. The van der Waals surface area contributed by atoms with Gasteiger partial charge in [-0.15, -0.1) is 0 Å². The lowest BCUT2D eigenvalue weighted by molar-refractivity contribution is -0.120. The van der Waals surface area contributed by atoms with E-state index >= 15 is 0 Å². The van der Waals surface area contributed by atoms with E-state index in [4.69, 9.17) is 0 Å². The second-order valence-corrected chi connectivity index (χ2v) is 3.66. The normalized spacial score (nSPS) is 15.7. The van der Waals surface area contributed by atoms with E-state index in [2.05, 4.69) is 11.3 Å². The molecule has 1 saturated heterocycles. The molecule has 0 spiro atoms. The molecule has 1 aliphatic heterocycles. The van der Waals surface area contributed by atoms with Crippen molar-refractivity contribution in [1.29, 1.82) is 0 Å². The number of halogens is 2. The van der Waals surface area contributed by atoms with Crippen LogP contribution in [0.25, 0.3) is 0 Å². The Bertz CT molecular complexity index is 528. The van der Waals surface area contributed by atoms with Crippen LogP contribution < -0.4 is 9.64 Å². The smallest absolute Gasteiger partial charge is 0.387 e. The van der Waals surface area contributed by atoms with Crippen molar-refractivity contribution in [2.75, 3.05) is 4.90 Å². The zero-order chi connectivity index (χ0) is 13.3. The maximum atomic E-state index is 12.2. The Kier molecular flexibility index (Phi) is 3.10. The SMILES string of the molecule is C=C1CC(=O)N(c2ccccc2OC(F)F)C1=O. The minimum atomic E-state index is -3.03. The van der Waals surface area contributed by atoms with Gasteiger partial charge < -0.3 is 4.74 Å². The monoisotopic (exact) mass is 253 g/mol. The van der Waals surface area contributed by atoms with Crippen LogP contribution in [0.1, 0.15) is 6.42 Å². The van der Waals surface area contributed by atoms with Gasteiger partial charge in [0.25, 0.3) is 5.91 Å². The van der Waals surface area contributed by atoms with Gasteiger partial charge >= 0.3 is 6.61 Å². The third-order valence-corrected chi connectivity index (χ3v) is 2.44. The van der Waals surface area contributed by atoms with Crippen molar-refractivity contribution in [3.05, 3.63) is 36.4 Å². The minimum Gasteiger partial charge on any atom is -0.433 e. The topological polar surface area (TPSA) is 46.6 Å². The van der Waals surface area contributed by atoms with Crippen LogP contribution in [-0.2, 0) is 9.59 Å². The van der Waals surface area contributed by atoms with Gasteiger partial charge in [-0.3, -0.25) is 9.59 Å². The van der Waals surface area contributed by atoms with Crippen LogP contribution >= 0.6 is 0 Å². The van der Waals surface area contributed by atoms with E-state index in [1.165, 1.54) is 24.3 Å². The average molecular weight is 253 g/mol. The van der Waals surface area contributed by atoms with E-state index in [0.717, 1.165) is 4.90 Å². The van der Waals surface area contributed by atoms with Crippen LogP contribution in [0.3, 0.4) is 0 Å². The zero-order valence-corrected chi connectivity index (χ0v) is 9.23. The third kappa shape index (κ3) is 2.09. The first-order chi connectivity index (χ1) is 8.50. The second kappa shape index (κ2) is 4.56. The number of hydrogen-bond donors (Lipinski definition) is 0. The number of amides is 2. The van der Waals surface area contributed by atoms with E-state index in [0.29, 0.717) is 0 Å². The molecule has 0 aliphatic carbocycles. The van der Waals surface area contributed by atoms with Gasteiger partial charge in [0, 0.05) is 5.57 Å². The molecular weight excluding hydrogens is 244 g/mol. The predicted octanol–water partition coefficient (Wildman–Crippen LogP) is 2.11. The summed E-state index contributed by atoms with van der Waals surface area (Å²) in [5.41, 5.74) is 0.137. The number of carbonyl (C=O) groups is 2. The number of hydrogen-bond acceptors (Lipinski definition) is 3. The molecule has 18 heavy (non-hydrogen) atoms. The zero-order valence-electron chi connectivity index (χ0n) is 9.23. The Morgan fingerprint density at radius 2 is 1.94 bits per heavy atom. The largest absolute Gasteiger partial charge is 0.433 e. The molecule has 0 bridgehead atoms. The minimum absolute atomic E-state index is 0.00597. The summed E-state index contributed by atoms with van der Waals surface area (Å²) in [7, 11) is 0. The maximum absolute atomic E-state index is 12.2. The van der Waals surface area contributed by atoms with Crippen LogP contribution in [0, 0.1) is 0 Å². The lowest BCUT2D eigenvalue weighted by atomic mass is 10.2. The first-order valence-corrected chi connectivity index (χ1v) is 5.09. The van der Waals surface area contributed by atoms with Gasteiger partial charge in [-0.05, 0) is 12.1 Å². The van der Waals surface area contributed by atoms with Crippen LogP contribution in [0.4, 0.5) is 14.5 Å². The third-order valence-electron chi connectivity index (χ3n) is 2.44. The summed E-state index contributed by atoms with van der Waals surface area (Å²) in [4.78, 5) is 24.2. The molecule has 0 unspecified atom stereocenters.